The summed E-state index contributed by atoms with van der Waals surface area (Å²) < 4.78 is 13.5. The Kier molecular flexibility index (Phi) is 7.41. The van der Waals surface area contributed by atoms with Crippen LogP contribution >= 0.6 is 11.8 Å². The second-order valence-corrected chi connectivity index (χ2v) is 8.56. The number of anilines is 1. The van der Waals surface area contributed by atoms with E-state index in [-0.39, 0.29) is 10.6 Å². The fraction of sp³-hybridized carbons (Fsp3) is 0.632. The number of aliphatic imine (C=N–C) groups is 1. The second-order valence-electron chi connectivity index (χ2n) is 7.04. The van der Waals surface area contributed by atoms with Gasteiger partial charge in [0, 0.05) is 36.1 Å². The maximum atomic E-state index is 13.4. The van der Waals surface area contributed by atoms with Crippen LogP contribution < -0.4 is 15.5 Å². The van der Waals surface area contributed by atoms with Crippen molar-refractivity contribution in [2.45, 2.75) is 44.4 Å². The summed E-state index contributed by atoms with van der Waals surface area (Å²) in [5.74, 6) is 0.726. The Morgan fingerprint density at radius 2 is 2.08 bits per heavy atom. The quantitative estimate of drug-likeness (QED) is 0.597. The summed E-state index contributed by atoms with van der Waals surface area (Å²) >= 11 is 1.83. The summed E-state index contributed by atoms with van der Waals surface area (Å²) in [5, 5.41) is 6.91. The molecule has 1 aromatic carbocycles. The summed E-state index contributed by atoms with van der Waals surface area (Å²) in [5.41, 5.74) is 0.973. The van der Waals surface area contributed by atoms with Crippen LogP contribution in [0.5, 0.6) is 0 Å². The highest BCUT2D eigenvalue weighted by Gasteiger charge is 2.21. The van der Waals surface area contributed by atoms with Gasteiger partial charge >= 0.3 is 0 Å². The molecule has 0 radical (unpaired) electrons. The van der Waals surface area contributed by atoms with E-state index in [1.165, 1.54) is 6.07 Å². The van der Waals surface area contributed by atoms with Crippen molar-refractivity contribution in [3.05, 3.63) is 30.1 Å². The third-order valence-electron chi connectivity index (χ3n) is 4.52. The smallest absolute Gasteiger partial charge is 0.191 e. The topological polar surface area (TPSA) is 39.7 Å². The van der Waals surface area contributed by atoms with Crippen molar-refractivity contribution in [3.8, 4) is 0 Å². The van der Waals surface area contributed by atoms with Crippen LogP contribution in [0, 0.1) is 5.82 Å². The molecule has 140 valence electrons. The normalized spacial score (nSPS) is 16.8. The van der Waals surface area contributed by atoms with Crippen LogP contribution in [0.1, 0.15) is 33.6 Å². The predicted molar refractivity (Wildman–Crippen MR) is 108 cm³/mol. The zero-order chi connectivity index (χ0) is 18.3. The highest BCUT2D eigenvalue weighted by Crippen LogP contribution is 2.22. The number of thioether (sulfide) groups is 1. The average molecular weight is 367 g/mol. The fourth-order valence-electron chi connectivity index (χ4n) is 2.80. The molecule has 2 N–H and O–H groups in total. The molecule has 1 aromatic rings. The van der Waals surface area contributed by atoms with Crippen molar-refractivity contribution in [3.63, 3.8) is 0 Å². The minimum absolute atomic E-state index is 0.142. The van der Waals surface area contributed by atoms with E-state index in [2.05, 4.69) is 42.6 Å². The highest BCUT2D eigenvalue weighted by molar-refractivity contribution is 7.99. The predicted octanol–water partition coefficient (Wildman–Crippen LogP) is 3.49. The maximum Gasteiger partial charge on any atom is 0.191 e. The van der Waals surface area contributed by atoms with Crippen LogP contribution in [0.3, 0.4) is 0 Å². The van der Waals surface area contributed by atoms with Gasteiger partial charge < -0.3 is 15.5 Å². The summed E-state index contributed by atoms with van der Waals surface area (Å²) in [6.07, 6.45) is 4.16. The lowest BCUT2D eigenvalue weighted by Crippen LogP contribution is -2.49. The second kappa shape index (κ2) is 9.32. The van der Waals surface area contributed by atoms with E-state index in [9.17, 15) is 4.39 Å². The molecular formula is C19H31FN4S. The molecule has 0 spiro atoms. The van der Waals surface area contributed by atoms with Gasteiger partial charge in [-0.3, -0.25) is 4.99 Å². The first-order valence-corrected chi connectivity index (χ1v) is 10.3. The number of halogens is 1. The molecule has 1 aliphatic heterocycles. The summed E-state index contributed by atoms with van der Waals surface area (Å²) in [7, 11) is 0. The van der Waals surface area contributed by atoms with Crippen LogP contribution in [0.15, 0.2) is 29.3 Å². The van der Waals surface area contributed by atoms with Crippen LogP contribution in [-0.4, -0.2) is 49.2 Å². The number of piperidine rings is 1. The van der Waals surface area contributed by atoms with Crippen LogP contribution in [0.25, 0.3) is 0 Å². The number of rotatable bonds is 6. The number of nitrogens with one attached hydrogen (secondary N) is 2. The molecule has 0 bridgehead atoms. The molecular weight excluding hydrogens is 335 g/mol. The van der Waals surface area contributed by atoms with Gasteiger partial charge in [-0.15, -0.1) is 0 Å². The number of nitrogens with zero attached hydrogens (tertiary/aromatic N) is 2. The minimum atomic E-state index is -0.171. The van der Waals surface area contributed by atoms with Crippen molar-refractivity contribution >= 4 is 23.4 Å². The van der Waals surface area contributed by atoms with E-state index in [4.69, 9.17) is 4.99 Å². The number of hydrogen-bond acceptors (Lipinski definition) is 3. The van der Waals surface area contributed by atoms with Gasteiger partial charge in [0.25, 0.3) is 0 Å². The molecule has 1 saturated heterocycles. The third-order valence-corrected chi connectivity index (χ3v) is 5.76. The summed E-state index contributed by atoms with van der Waals surface area (Å²) in [4.78, 5) is 7.00. The molecule has 0 saturated carbocycles. The van der Waals surface area contributed by atoms with Crippen molar-refractivity contribution in [2.75, 3.05) is 37.3 Å². The van der Waals surface area contributed by atoms with Crippen LogP contribution in [0.4, 0.5) is 10.1 Å². The molecule has 1 heterocycles. The maximum absolute atomic E-state index is 13.4. The van der Waals surface area contributed by atoms with Crippen molar-refractivity contribution < 1.29 is 4.39 Å². The van der Waals surface area contributed by atoms with Gasteiger partial charge in [0.15, 0.2) is 5.96 Å². The molecule has 0 atom stereocenters. The van der Waals surface area contributed by atoms with Gasteiger partial charge in [-0.05, 0) is 58.1 Å². The molecule has 1 fully saturated rings. The third kappa shape index (κ3) is 6.42. The van der Waals surface area contributed by atoms with Gasteiger partial charge in [-0.2, -0.15) is 11.8 Å². The molecule has 0 aromatic heterocycles. The number of benzene rings is 1. The minimum Gasteiger partial charge on any atom is -0.371 e. The van der Waals surface area contributed by atoms with Gasteiger partial charge in [0.2, 0.25) is 0 Å². The van der Waals surface area contributed by atoms with Crippen molar-refractivity contribution in [1.29, 1.82) is 0 Å². The van der Waals surface area contributed by atoms with Gasteiger partial charge in [-0.25, -0.2) is 4.39 Å². The number of hydrogen-bond donors (Lipinski definition) is 2. The van der Waals surface area contributed by atoms with E-state index >= 15 is 0 Å². The largest absolute Gasteiger partial charge is 0.371 e. The van der Waals surface area contributed by atoms with Gasteiger partial charge in [-0.1, -0.05) is 6.07 Å². The van der Waals surface area contributed by atoms with Gasteiger partial charge in [0.1, 0.15) is 5.82 Å². The standard InChI is InChI=1S/C19H31FN4S/c1-5-21-18(22-14-19(2,3)25-4)23-16-9-11-24(12-10-16)17-8-6-7-15(20)13-17/h6-8,13,16H,5,9-12,14H2,1-4H3,(H2,21,22,23). The lowest BCUT2D eigenvalue weighted by Gasteiger charge is -2.34. The van der Waals surface area contributed by atoms with Crippen molar-refractivity contribution in [2.24, 2.45) is 4.99 Å². The Balaban J connectivity index is 1.89. The lowest BCUT2D eigenvalue weighted by molar-refractivity contribution is 0.460. The lowest BCUT2D eigenvalue weighted by atomic mass is 10.0. The highest BCUT2D eigenvalue weighted by atomic mass is 32.2. The molecule has 0 aliphatic carbocycles. The van der Waals surface area contributed by atoms with Crippen LogP contribution in [-0.2, 0) is 0 Å². The average Bonchev–Trinajstić information content (AvgIpc) is 2.61. The van der Waals surface area contributed by atoms with Gasteiger partial charge in [0.05, 0.1) is 6.54 Å². The zero-order valence-corrected chi connectivity index (χ0v) is 16.6. The van der Waals surface area contributed by atoms with E-state index in [0.717, 1.165) is 50.7 Å². The Hall–Kier alpha value is -1.43. The Labute approximate surface area is 155 Å². The Morgan fingerprint density at radius 3 is 2.68 bits per heavy atom. The molecule has 0 amide bonds. The molecule has 1 aliphatic rings. The molecule has 25 heavy (non-hydrogen) atoms. The van der Waals surface area contributed by atoms with E-state index in [1.54, 1.807) is 12.1 Å². The molecule has 0 unspecified atom stereocenters. The monoisotopic (exact) mass is 366 g/mol. The summed E-state index contributed by atoms with van der Waals surface area (Å²) in [6.45, 7) is 10.0. The first kappa shape index (κ1) is 19.9. The first-order valence-electron chi connectivity index (χ1n) is 9.04. The Bertz CT molecular complexity index is 568. The van der Waals surface area contributed by atoms with Crippen LogP contribution in [0.2, 0.25) is 0 Å². The molecule has 2 rings (SSSR count). The van der Waals surface area contributed by atoms with E-state index in [0.29, 0.717) is 6.04 Å². The summed E-state index contributed by atoms with van der Waals surface area (Å²) in [6, 6.07) is 7.27. The zero-order valence-electron chi connectivity index (χ0n) is 15.8. The SMILES string of the molecule is CCNC(=NCC(C)(C)SC)NC1CCN(c2cccc(F)c2)CC1. The first-order chi connectivity index (χ1) is 11.9. The fourth-order valence-corrected chi connectivity index (χ4v) is 3.00. The van der Waals surface area contributed by atoms with E-state index < -0.39 is 0 Å². The number of guanidine groups is 1. The Morgan fingerprint density at radius 1 is 1.36 bits per heavy atom. The molecule has 6 heteroatoms. The van der Waals surface area contributed by atoms with Crippen molar-refractivity contribution in [1.82, 2.24) is 10.6 Å². The molecule has 4 nitrogen and oxygen atoms in total. The van der Waals surface area contributed by atoms with E-state index in [1.807, 2.05) is 17.8 Å².